The number of nitrogens with one attached hydrogen (secondary N) is 1. The van der Waals surface area contributed by atoms with Gasteiger partial charge in [0.25, 0.3) is 0 Å². The molecule has 0 saturated carbocycles. The zero-order valence-electron chi connectivity index (χ0n) is 16.8. The summed E-state index contributed by atoms with van der Waals surface area (Å²) < 4.78 is 30.6. The van der Waals surface area contributed by atoms with Crippen LogP contribution in [0.5, 0.6) is 17.2 Å². The summed E-state index contributed by atoms with van der Waals surface area (Å²) in [6.45, 7) is 4.19. The molecule has 1 N–H and O–H groups in total. The minimum absolute atomic E-state index is 0.143. The lowest BCUT2D eigenvalue weighted by Gasteiger charge is -2.25. The molecule has 1 atom stereocenters. The first-order chi connectivity index (χ1) is 13.7. The third-order valence-corrected chi connectivity index (χ3v) is 5.00. The van der Waals surface area contributed by atoms with Crippen molar-refractivity contribution in [2.75, 3.05) is 26.8 Å². The molecule has 1 unspecified atom stereocenters. The van der Waals surface area contributed by atoms with E-state index in [-0.39, 0.29) is 11.9 Å². The molecule has 2 aromatic carbocycles. The average molecular weight is 387 g/mol. The summed E-state index contributed by atoms with van der Waals surface area (Å²) in [6.07, 6.45) is 5.17. The Labute approximate surface area is 167 Å². The van der Waals surface area contributed by atoms with Crippen LogP contribution in [0.25, 0.3) is 0 Å². The molecular formula is C23H30FNO3. The highest BCUT2D eigenvalue weighted by atomic mass is 19.1. The molecule has 2 aromatic rings. The Bertz CT molecular complexity index is 748. The first kappa shape index (κ1) is 20.5. The molecule has 0 radical (unpaired) electrons. The largest absolute Gasteiger partial charge is 0.497 e. The van der Waals surface area contributed by atoms with Crippen molar-refractivity contribution < 1.29 is 18.6 Å². The molecule has 0 saturated heterocycles. The molecule has 0 aromatic heterocycles. The highest BCUT2D eigenvalue weighted by Gasteiger charge is 2.21. The van der Waals surface area contributed by atoms with E-state index < -0.39 is 0 Å². The van der Waals surface area contributed by atoms with Crippen LogP contribution in [0.4, 0.5) is 4.39 Å². The van der Waals surface area contributed by atoms with Crippen LogP contribution in [0.3, 0.4) is 0 Å². The summed E-state index contributed by atoms with van der Waals surface area (Å²) in [7, 11) is 1.68. The second-order valence-corrected chi connectivity index (χ2v) is 7.26. The summed E-state index contributed by atoms with van der Waals surface area (Å²) >= 11 is 0. The highest BCUT2D eigenvalue weighted by molar-refractivity contribution is 5.48. The Hall–Kier alpha value is -2.27. The van der Waals surface area contributed by atoms with Gasteiger partial charge < -0.3 is 19.5 Å². The van der Waals surface area contributed by atoms with E-state index in [0.29, 0.717) is 18.1 Å². The van der Waals surface area contributed by atoms with Gasteiger partial charge in [-0.15, -0.1) is 0 Å². The summed E-state index contributed by atoms with van der Waals surface area (Å²) in [5.41, 5.74) is 2.23. The fourth-order valence-corrected chi connectivity index (χ4v) is 3.40. The SMILES string of the molecule is COc1ccc(CCCCNCCOc2cc(F)cc3c2OC(C)CC3)cc1. The number of halogens is 1. The number of fused-ring (bicyclic) bond motifs is 1. The highest BCUT2D eigenvalue weighted by Crippen LogP contribution is 2.37. The number of methoxy groups -OCH3 is 1. The van der Waals surface area contributed by atoms with Crippen LogP contribution in [0.15, 0.2) is 36.4 Å². The van der Waals surface area contributed by atoms with Gasteiger partial charge >= 0.3 is 0 Å². The van der Waals surface area contributed by atoms with E-state index in [1.54, 1.807) is 13.2 Å². The maximum absolute atomic E-state index is 13.8. The van der Waals surface area contributed by atoms with Crippen LogP contribution < -0.4 is 19.5 Å². The van der Waals surface area contributed by atoms with E-state index in [4.69, 9.17) is 14.2 Å². The van der Waals surface area contributed by atoms with E-state index in [1.165, 1.54) is 11.6 Å². The van der Waals surface area contributed by atoms with Crippen LogP contribution in [-0.2, 0) is 12.8 Å². The molecular weight excluding hydrogens is 357 g/mol. The molecule has 152 valence electrons. The predicted octanol–water partition coefficient (Wildman–Crippen LogP) is 4.54. The quantitative estimate of drug-likeness (QED) is 0.608. The Morgan fingerprint density at radius 1 is 1.14 bits per heavy atom. The molecule has 1 heterocycles. The van der Waals surface area contributed by atoms with Crippen LogP contribution in [0, 0.1) is 5.82 Å². The average Bonchev–Trinajstić information content (AvgIpc) is 2.70. The summed E-state index contributed by atoms with van der Waals surface area (Å²) in [4.78, 5) is 0. The number of hydrogen-bond acceptors (Lipinski definition) is 4. The van der Waals surface area contributed by atoms with Crippen molar-refractivity contribution in [2.24, 2.45) is 0 Å². The molecule has 0 aliphatic carbocycles. The van der Waals surface area contributed by atoms with Crippen LogP contribution >= 0.6 is 0 Å². The van der Waals surface area contributed by atoms with Gasteiger partial charge in [-0.05, 0) is 69.3 Å². The van der Waals surface area contributed by atoms with Crippen molar-refractivity contribution in [3.63, 3.8) is 0 Å². The van der Waals surface area contributed by atoms with Gasteiger partial charge in [0.1, 0.15) is 18.2 Å². The zero-order chi connectivity index (χ0) is 19.8. The first-order valence-corrected chi connectivity index (χ1v) is 10.1. The number of aryl methyl sites for hydroxylation is 2. The van der Waals surface area contributed by atoms with Gasteiger partial charge in [-0.1, -0.05) is 12.1 Å². The monoisotopic (exact) mass is 387 g/mol. The molecule has 1 aliphatic heterocycles. The molecule has 0 fully saturated rings. The normalized spacial score (nSPS) is 15.6. The van der Waals surface area contributed by atoms with Crippen molar-refractivity contribution in [3.8, 4) is 17.2 Å². The number of unbranched alkanes of at least 4 members (excludes halogenated alkanes) is 1. The van der Waals surface area contributed by atoms with Crippen LogP contribution in [0.1, 0.15) is 37.3 Å². The minimum atomic E-state index is -0.265. The van der Waals surface area contributed by atoms with Crippen molar-refractivity contribution in [1.82, 2.24) is 5.32 Å². The smallest absolute Gasteiger partial charge is 0.164 e. The molecule has 28 heavy (non-hydrogen) atoms. The minimum Gasteiger partial charge on any atom is -0.497 e. The third-order valence-electron chi connectivity index (χ3n) is 5.00. The van der Waals surface area contributed by atoms with E-state index >= 15 is 0 Å². The molecule has 0 amide bonds. The van der Waals surface area contributed by atoms with Crippen LogP contribution in [-0.4, -0.2) is 32.9 Å². The van der Waals surface area contributed by atoms with Gasteiger partial charge in [-0.2, -0.15) is 0 Å². The van der Waals surface area contributed by atoms with Gasteiger partial charge in [0, 0.05) is 18.2 Å². The number of rotatable bonds is 10. The van der Waals surface area contributed by atoms with Gasteiger partial charge in [-0.25, -0.2) is 4.39 Å². The fourth-order valence-electron chi connectivity index (χ4n) is 3.40. The second-order valence-electron chi connectivity index (χ2n) is 7.26. The lowest BCUT2D eigenvalue weighted by Crippen LogP contribution is -2.23. The van der Waals surface area contributed by atoms with Gasteiger partial charge in [0.2, 0.25) is 0 Å². The Morgan fingerprint density at radius 3 is 2.75 bits per heavy atom. The van der Waals surface area contributed by atoms with Gasteiger partial charge in [0.05, 0.1) is 13.2 Å². The maximum Gasteiger partial charge on any atom is 0.164 e. The Kier molecular flexibility index (Phi) is 7.54. The molecule has 0 spiro atoms. The van der Waals surface area contributed by atoms with Crippen LogP contribution in [0.2, 0.25) is 0 Å². The standard InChI is InChI=1S/C23H30FNO3/c1-17-6-9-19-15-20(24)16-22(23(19)28-17)27-14-13-25-12-4-3-5-18-7-10-21(26-2)11-8-18/h7-8,10-11,15-17,25H,3-6,9,12-14H2,1-2H3. The Morgan fingerprint density at radius 2 is 1.96 bits per heavy atom. The second kappa shape index (κ2) is 10.3. The fraction of sp³-hybridized carbons (Fsp3) is 0.478. The number of benzene rings is 2. The molecule has 3 rings (SSSR count). The zero-order valence-corrected chi connectivity index (χ0v) is 16.8. The van der Waals surface area contributed by atoms with Crippen molar-refractivity contribution in [2.45, 2.75) is 45.1 Å². The van der Waals surface area contributed by atoms with Crippen molar-refractivity contribution >= 4 is 0 Å². The summed E-state index contributed by atoms with van der Waals surface area (Å²) in [5, 5.41) is 3.38. The van der Waals surface area contributed by atoms with E-state index in [1.807, 2.05) is 19.1 Å². The summed E-state index contributed by atoms with van der Waals surface area (Å²) in [6, 6.07) is 11.2. The lowest BCUT2D eigenvalue weighted by molar-refractivity contribution is 0.178. The number of ether oxygens (including phenoxy) is 3. The van der Waals surface area contributed by atoms with Gasteiger partial charge in [-0.3, -0.25) is 0 Å². The molecule has 1 aliphatic rings. The molecule has 4 nitrogen and oxygen atoms in total. The van der Waals surface area contributed by atoms with Crippen molar-refractivity contribution in [3.05, 3.63) is 53.3 Å². The molecule has 0 bridgehead atoms. The third kappa shape index (κ3) is 5.86. The lowest BCUT2D eigenvalue weighted by atomic mass is 10.0. The maximum atomic E-state index is 13.8. The predicted molar refractivity (Wildman–Crippen MR) is 109 cm³/mol. The van der Waals surface area contributed by atoms with E-state index in [0.717, 1.165) is 56.5 Å². The topological polar surface area (TPSA) is 39.7 Å². The van der Waals surface area contributed by atoms with E-state index in [9.17, 15) is 4.39 Å². The Balaban J connectivity index is 1.32. The first-order valence-electron chi connectivity index (χ1n) is 10.1. The van der Waals surface area contributed by atoms with E-state index in [2.05, 4.69) is 17.4 Å². The summed E-state index contributed by atoms with van der Waals surface area (Å²) in [5.74, 6) is 1.85. The molecule has 5 heteroatoms. The van der Waals surface area contributed by atoms with Gasteiger partial charge in [0.15, 0.2) is 11.5 Å². The van der Waals surface area contributed by atoms with Crippen molar-refractivity contribution in [1.29, 1.82) is 0 Å². The number of hydrogen-bond donors (Lipinski definition) is 1.